The molecule has 138 valence electrons. The molecule has 1 amide bonds. The lowest BCUT2D eigenvalue weighted by molar-refractivity contribution is -0.118. The normalized spacial score (nSPS) is 10.5. The first-order valence-electron chi connectivity index (χ1n) is 9.47. The summed E-state index contributed by atoms with van der Waals surface area (Å²) in [6.07, 6.45) is 1.46. The van der Waals surface area contributed by atoms with Crippen molar-refractivity contribution in [3.63, 3.8) is 0 Å². The van der Waals surface area contributed by atoms with E-state index in [1.165, 1.54) is 5.56 Å². The van der Waals surface area contributed by atoms with E-state index in [0.29, 0.717) is 19.5 Å². The van der Waals surface area contributed by atoms with Crippen molar-refractivity contribution in [1.29, 1.82) is 0 Å². The Bertz CT molecular complexity index is 804. The number of benzene rings is 3. The predicted octanol–water partition coefficient (Wildman–Crippen LogP) is 4.44. The van der Waals surface area contributed by atoms with Crippen LogP contribution < -0.4 is 10.2 Å². The van der Waals surface area contributed by atoms with Crippen molar-refractivity contribution in [2.24, 2.45) is 0 Å². The largest absolute Gasteiger partial charge is 0.316 e. The monoisotopic (exact) mass is 358 g/mol. The van der Waals surface area contributed by atoms with Gasteiger partial charge in [0, 0.05) is 18.7 Å². The predicted molar refractivity (Wildman–Crippen MR) is 112 cm³/mol. The summed E-state index contributed by atoms with van der Waals surface area (Å²) in [5, 5.41) is 3.39. The second kappa shape index (κ2) is 10.3. The molecule has 0 unspecified atom stereocenters. The minimum atomic E-state index is 0.136. The molecule has 0 aliphatic heterocycles. The van der Waals surface area contributed by atoms with E-state index in [1.54, 1.807) is 0 Å². The van der Waals surface area contributed by atoms with E-state index in [4.69, 9.17) is 0 Å². The third-order valence-electron chi connectivity index (χ3n) is 4.50. The Morgan fingerprint density at radius 2 is 1.26 bits per heavy atom. The van der Waals surface area contributed by atoms with Gasteiger partial charge in [0.25, 0.3) is 0 Å². The van der Waals surface area contributed by atoms with Crippen LogP contribution in [0.15, 0.2) is 91.0 Å². The maximum Gasteiger partial charge on any atom is 0.228 e. The average molecular weight is 358 g/mol. The highest BCUT2D eigenvalue weighted by Gasteiger charge is 2.15. The Labute approximate surface area is 161 Å². The van der Waals surface area contributed by atoms with Gasteiger partial charge in [-0.15, -0.1) is 0 Å². The van der Waals surface area contributed by atoms with Gasteiger partial charge in [-0.05, 0) is 36.2 Å². The number of amides is 1. The fraction of sp³-hybridized carbons (Fsp3) is 0.208. The van der Waals surface area contributed by atoms with E-state index >= 15 is 0 Å². The van der Waals surface area contributed by atoms with Crippen LogP contribution in [0, 0.1) is 0 Å². The number of carbonyl (C=O) groups is 1. The van der Waals surface area contributed by atoms with Gasteiger partial charge in [0.05, 0.1) is 6.54 Å². The number of anilines is 1. The smallest absolute Gasteiger partial charge is 0.228 e. The van der Waals surface area contributed by atoms with Crippen LogP contribution in [0.2, 0.25) is 0 Å². The summed E-state index contributed by atoms with van der Waals surface area (Å²) >= 11 is 0. The van der Waals surface area contributed by atoms with Crippen molar-refractivity contribution in [1.82, 2.24) is 5.32 Å². The highest BCUT2D eigenvalue weighted by molar-refractivity contribution is 5.93. The van der Waals surface area contributed by atoms with Crippen LogP contribution in [0.5, 0.6) is 0 Å². The number of nitrogens with one attached hydrogen (secondary N) is 1. The topological polar surface area (TPSA) is 32.3 Å². The zero-order valence-corrected chi connectivity index (χ0v) is 15.6. The van der Waals surface area contributed by atoms with Gasteiger partial charge in [-0.3, -0.25) is 4.79 Å². The number of rotatable bonds is 9. The summed E-state index contributed by atoms with van der Waals surface area (Å²) in [5.74, 6) is 0.136. The van der Waals surface area contributed by atoms with E-state index in [1.807, 2.05) is 59.5 Å². The number of hydrogen-bond acceptors (Lipinski definition) is 2. The molecule has 27 heavy (non-hydrogen) atoms. The van der Waals surface area contributed by atoms with Gasteiger partial charge in [0.15, 0.2) is 0 Å². The first-order valence-corrected chi connectivity index (χ1v) is 9.47. The van der Waals surface area contributed by atoms with E-state index in [9.17, 15) is 4.79 Å². The molecular formula is C24H26N2O. The summed E-state index contributed by atoms with van der Waals surface area (Å²) in [7, 11) is 0. The fourth-order valence-corrected chi connectivity index (χ4v) is 3.03. The number of carbonyl (C=O) groups excluding carboxylic acids is 1. The molecule has 3 heteroatoms. The first-order chi connectivity index (χ1) is 13.3. The Morgan fingerprint density at radius 3 is 1.89 bits per heavy atom. The second-order valence-electron chi connectivity index (χ2n) is 6.54. The maximum atomic E-state index is 12.9. The van der Waals surface area contributed by atoms with Crippen LogP contribution in [-0.2, 0) is 17.8 Å². The number of para-hydroxylation sites is 1. The van der Waals surface area contributed by atoms with Crippen molar-refractivity contribution in [3.8, 4) is 0 Å². The quantitative estimate of drug-likeness (QED) is 0.574. The molecule has 0 radical (unpaired) electrons. The van der Waals surface area contributed by atoms with Gasteiger partial charge in [0.2, 0.25) is 5.91 Å². The highest BCUT2D eigenvalue weighted by Crippen LogP contribution is 2.18. The standard InChI is InChI=1S/C24H26N2O/c27-24(17-19-25-18-16-21-10-4-1-5-11-21)26(23-14-8-3-9-15-23)20-22-12-6-2-7-13-22/h1-15,25H,16-20H2. The lowest BCUT2D eigenvalue weighted by atomic mass is 10.1. The Morgan fingerprint density at radius 1 is 0.704 bits per heavy atom. The molecule has 3 aromatic rings. The fourth-order valence-electron chi connectivity index (χ4n) is 3.03. The molecule has 0 bridgehead atoms. The van der Waals surface area contributed by atoms with Gasteiger partial charge in [0.1, 0.15) is 0 Å². The van der Waals surface area contributed by atoms with Crippen molar-refractivity contribution >= 4 is 11.6 Å². The molecule has 3 rings (SSSR count). The molecule has 0 atom stereocenters. The number of nitrogens with zero attached hydrogens (tertiary/aromatic N) is 1. The summed E-state index contributed by atoms with van der Waals surface area (Å²) in [4.78, 5) is 14.7. The minimum Gasteiger partial charge on any atom is -0.316 e. The van der Waals surface area contributed by atoms with Crippen molar-refractivity contribution in [2.75, 3.05) is 18.0 Å². The van der Waals surface area contributed by atoms with Gasteiger partial charge < -0.3 is 10.2 Å². The molecule has 0 aliphatic rings. The van der Waals surface area contributed by atoms with Gasteiger partial charge >= 0.3 is 0 Å². The van der Waals surface area contributed by atoms with E-state index in [0.717, 1.165) is 24.2 Å². The molecule has 1 N–H and O–H groups in total. The van der Waals surface area contributed by atoms with Crippen molar-refractivity contribution in [3.05, 3.63) is 102 Å². The molecule has 3 aromatic carbocycles. The zero-order valence-electron chi connectivity index (χ0n) is 15.6. The van der Waals surface area contributed by atoms with Crippen LogP contribution in [0.4, 0.5) is 5.69 Å². The van der Waals surface area contributed by atoms with Crippen molar-refractivity contribution in [2.45, 2.75) is 19.4 Å². The van der Waals surface area contributed by atoms with E-state index in [-0.39, 0.29) is 5.91 Å². The minimum absolute atomic E-state index is 0.136. The molecule has 0 spiro atoms. The van der Waals surface area contributed by atoms with Crippen LogP contribution in [-0.4, -0.2) is 19.0 Å². The molecule has 0 saturated heterocycles. The summed E-state index contributed by atoms with van der Waals surface area (Å²) in [5.41, 5.74) is 3.38. The zero-order chi connectivity index (χ0) is 18.7. The lowest BCUT2D eigenvalue weighted by Crippen LogP contribution is -2.33. The van der Waals surface area contributed by atoms with E-state index < -0.39 is 0 Å². The molecule has 0 fully saturated rings. The SMILES string of the molecule is O=C(CCNCCc1ccccc1)N(Cc1ccccc1)c1ccccc1. The average Bonchev–Trinajstić information content (AvgIpc) is 2.74. The third-order valence-corrected chi connectivity index (χ3v) is 4.50. The summed E-state index contributed by atoms with van der Waals surface area (Å²) < 4.78 is 0. The van der Waals surface area contributed by atoms with E-state index in [2.05, 4.69) is 41.7 Å². The lowest BCUT2D eigenvalue weighted by Gasteiger charge is -2.23. The van der Waals surface area contributed by atoms with Crippen LogP contribution in [0.25, 0.3) is 0 Å². The third kappa shape index (κ3) is 6.08. The molecular weight excluding hydrogens is 332 g/mol. The van der Waals surface area contributed by atoms with Crippen LogP contribution >= 0.6 is 0 Å². The Hall–Kier alpha value is -2.91. The Balaban J connectivity index is 1.53. The summed E-state index contributed by atoms with van der Waals surface area (Å²) in [6, 6.07) is 30.4. The molecule has 0 saturated carbocycles. The maximum absolute atomic E-state index is 12.9. The van der Waals surface area contributed by atoms with Gasteiger partial charge in [-0.2, -0.15) is 0 Å². The molecule has 0 heterocycles. The van der Waals surface area contributed by atoms with Gasteiger partial charge in [-0.1, -0.05) is 78.9 Å². The molecule has 0 aliphatic carbocycles. The molecule has 3 nitrogen and oxygen atoms in total. The Kier molecular flexibility index (Phi) is 7.19. The van der Waals surface area contributed by atoms with Gasteiger partial charge in [-0.25, -0.2) is 0 Å². The molecule has 0 aromatic heterocycles. The van der Waals surface area contributed by atoms with Crippen LogP contribution in [0.3, 0.4) is 0 Å². The van der Waals surface area contributed by atoms with Crippen LogP contribution in [0.1, 0.15) is 17.5 Å². The summed E-state index contributed by atoms with van der Waals surface area (Å²) in [6.45, 7) is 2.15. The second-order valence-corrected chi connectivity index (χ2v) is 6.54. The van der Waals surface area contributed by atoms with Crippen molar-refractivity contribution < 1.29 is 4.79 Å². The highest BCUT2D eigenvalue weighted by atomic mass is 16.2. The number of hydrogen-bond donors (Lipinski definition) is 1. The first kappa shape index (κ1) is 18.9.